The molecular formula is C10H17NO. The summed E-state index contributed by atoms with van der Waals surface area (Å²) in [7, 11) is 1.79. The van der Waals surface area contributed by atoms with Crippen LogP contribution in [0, 0.1) is 0 Å². The molecule has 2 atom stereocenters. The van der Waals surface area contributed by atoms with Crippen molar-refractivity contribution in [2.75, 3.05) is 20.3 Å². The molecular weight excluding hydrogens is 150 g/mol. The molecule has 2 aliphatic heterocycles. The zero-order valence-corrected chi connectivity index (χ0v) is 7.75. The lowest BCUT2D eigenvalue weighted by atomic mass is 10.1. The Morgan fingerprint density at radius 1 is 1.58 bits per heavy atom. The van der Waals surface area contributed by atoms with Gasteiger partial charge < -0.3 is 4.74 Å². The van der Waals surface area contributed by atoms with Crippen LogP contribution < -0.4 is 0 Å². The highest BCUT2D eigenvalue weighted by Gasteiger charge is 2.37. The number of hydrogen-bond acceptors (Lipinski definition) is 2. The van der Waals surface area contributed by atoms with E-state index in [1.54, 1.807) is 7.11 Å². The average Bonchev–Trinajstić information content (AvgIpc) is 2.52. The fourth-order valence-corrected chi connectivity index (χ4v) is 2.52. The first-order chi connectivity index (χ1) is 5.81. The monoisotopic (exact) mass is 167 g/mol. The quantitative estimate of drug-likeness (QED) is 0.577. The maximum absolute atomic E-state index is 5.20. The Balaban J connectivity index is 1.98. The van der Waals surface area contributed by atoms with Crippen LogP contribution in [-0.2, 0) is 4.74 Å². The minimum absolute atomic E-state index is 0.666. The van der Waals surface area contributed by atoms with E-state index in [9.17, 15) is 0 Å². The molecule has 0 spiro atoms. The van der Waals surface area contributed by atoms with E-state index < -0.39 is 0 Å². The summed E-state index contributed by atoms with van der Waals surface area (Å²) >= 11 is 0. The predicted molar refractivity (Wildman–Crippen MR) is 49.1 cm³/mol. The molecule has 12 heavy (non-hydrogen) atoms. The fourth-order valence-electron chi connectivity index (χ4n) is 2.52. The maximum Gasteiger partial charge on any atom is 0.0618 e. The summed E-state index contributed by atoms with van der Waals surface area (Å²) in [6.07, 6.45) is 3.87. The van der Waals surface area contributed by atoms with Crippen molar-refractivity contribution in [3.63, 3.8) is 0 Å². The summed E-state index contributed by atoms with van der Waals surface area (Å²) in [4.78, 5) is 2.56. The van der Waals surface area contributed by atoms with Gasteiger partial charge in [0, 0.05) is 25.7 Å². The second-order valence-corrected chi connectivity index (χ2v) is 3.97. The third-order valence-electron chi connectivity index (χ3n) is 3.06. The summed E-state index contributed by atoms with van der Waals surface area (Å²) in [5.74, 6) is 0. The minimum Gasteiger partial charge on any atom is -0.383 e. The zero-order chi connectivity index (χ0) is 8.55. The number of methoxy groups -OCH3 is 1. The summed E-state index contributed by atoms with van der Waals surface area (Å²) < 4.78 is 5.20. The molecule has 0 aromatic rings. The highest BCUT2D eigenvalue weighted by Crippen LogP contribution is 2.34. The van der Waals surface area contributed by atoms with Crippen LogP contribution in [0.5, 0.6) is 0 Å². The van der Waals surface area contributed by atoms with Crippen LogP contribution in [-0.4, -0.2) is 37.2 Å². The molecule has 2 aliphatic rings. The van der Waals surface area contributed by atoms with Crippen LogP contribution in [0.2, 0.25) is 0 Å². The van der Waals surface area contributed by atoms with E-state index in [1.165, 1.54) is 24.8 Å². The van der Waals surface area contributed by atoms with Crippen LogP contribution in [0.3, 0.4) is 0 Å². The SMILES string of the molecule is C=C1C[C@@H]2CC[C@H](COC)N2C1. The number of ether oxygens (including phenoxy) is 1. The molecule has 2 saturated heterocycles. The van der Waals surface area contributed by atoms with Crippen LogP contribution in [0.1, 0.15) is 19.3 Å². The van der Waals surface area contributed by atoms with E-state index in [0.29, 0.717) is 6.04 Å². The Morgan fingerprint density at radius 2 is 2.42 bits per heavy atom. The molecule has 2 nitrogen and oxygen atoms in total. The van der Waals surface area contributed by atoms with E-state index in [4.69, 9.17) is 4.74 Å². The topological polar surface area (TPSA) is 12.5 Å². The molecule has 0 saturated carbocycles. The number of fused-ring (bicyclic) bond motifs is 1. The molecule has 2 heterocycles. The van der Waals surface area contributed by atoms with Crippen LogP contribution in [0.4, 0.5) is 0 Å². The van der Waals surface area contributed by atoms with Gasteiger partial charge in [0.2, 0.25) is 0 Å². The van der Waals surface area contributed by atoms with Gasteiger partial charge in [0.15, 0.2) is 0 Å². The first kappa shape index (κ1) is 8.27. The predicted octanol–water partition coefficient (Wildman–Crippen LogP) is 1.43. The van der Waals surface area contributed by atoms with Gasteiger partial charge >= 0.3 is 0 Å². The highest BCUT2D eigenvalue weighted by molar-refractivity contribution is 5.11. The van der Waals surface area contributed by atoms with Crippen molar-refractivity contribution >= 4 is 0 Å². The zero-order valence-electron chi connectivity index (χ0n) is 7.75. The van der Waals surface area contributed by atoms with E-state index in [2.05, 4.69) is 11.5 Å². The number of rotatable bonds is 2. The van der Waals surface area contributed by atoms with E-state index >= 15 is 0 Å². The number of hydrogen-bond donors (Lipinski definition) is 0. The van der Waals surface area contributed by atoms with Gasteiger partial charge in [-0.05, 0) is 19.3 Å². The van der Waals surface area contributed by atoms with Crippen molar-refractivity contribution in [3.8, 4) is 0 Å². The Morgan fingerprint density at radius 3 is 3.17 bits per heavy atom. The second kappa shape index (κ2) is 3.19. The first-order valence-corrected chi connectivity index (χ1v) is 4.72. The third kappa shape index (κ3) is 1.29. The number of nitrogens with zero attached hydrogens (tertiary/aromatic N) is 1. The highest BCUT2D eigenvalue weighted by atomic mass is 16.5. The van der Waals surface area contributed by atoms with Gasteiger partial charge in [0.25, 0.3) is 0 Å². The summed E-state index contributed by atoms with van der Waals surface area (Å²) in [6, 6.07) is 1.46. The Bertz CT molecular complexity index is 188. The van der Waals surface area contributed by atoms with Gasteiger partial charge in [0.1, 0.15) is 0 Å². The summed E-state index contributed by atoms with van der Waals surface area (Å²) in [6.45, 7) is 6.05. The minimum atomic E-state index is 0.666. The lowest BCUT2D eigenvalue weighted by Crippen LogP contribution is -2.34. The lowest BCUT2D eigenvalue weighted by molar-refractivity contribution is 0.115. The molecule has 68 valence electrons. The van der Waals surface area contributed by atoms with Crippen molar-refractivity contribution < 1.29 is 4.74 Å². The van der Waals surface area contributed by atoms with E-state index in [1.807, 2.05) is 0 Å². The molecule has 2 rings (SSSR count). The lowest BCUT2D eigenvalue weighted by Gasteiger charge is -2.22. The van der Waals surface area contributed by atoms with Crippen molar-refractivity contribution in [1.29, 1.82) is 0 Å². The molecule has 0 unspecified atom stereocenters. The fraction of sp³-hybridized carbons (Fsp3) is 0.800. The van der Waals surface area contributed by atoms with Gasteiger partial charge in [0.05, 0.1) is 6.61 Å². The van der Waals surface area contributed by atoms with Gasteiger partial charge in [-0.3, -0.25) is 4.90 Å². The molecule has 0 N–H and O–H groups in total. The second-order valence-electron chi connectivity index (χ2n) is 3.97. The smallest absolute Gasteiger partial charge is 0.0618 e. The third-order valence-corrected chi connectivity index (χ3v) is 3.06. The normalized spacial score (nSPS) is 35.9. The van der Waals surface area contributed by atoms with E-state index in [0.717, 1.165) is 19.2 Å². The standard InChI is InChI=1S/C10H17NO/c1-8-5-9-3-4-10(7-12-2)11(9)6-8/h9-10H,1,3-7H2,2H3/t9-,10+/m0/s1. The van der Waals surface area contributed by atoms with Crippen LogP contribution in [0.25, 0.3) is 0 Å². The Kier molecular flexibility index (Phi) is 2.20. The molecule has 0 aliphatic carbocycles. The van der Waals surface area contributed by atoms with Gasteiger partial charge in [-0.15, -0.1) is 0 Å². The molecule has 0 aromatic heterocycles. The molecule has 0 bridgehead atoms. The Hall–Kier alpha value is -0.340. The van der Waals surface area contributed by atoms with Gasteiger partial charge in [-0.25, -0.2) is 0 Å². The van der Waals surface area contributed by atoms with Crippen molar-refractivity contribution in [1.82, 2.24) is 4.90 Å². The van der Waals surface area contributed by atoms with Crippen LogP contribution in [0.15, 0.2) is 12.2 Å². The van der Waals surface area contributed by atoms with Crippen molar-refractivity contribution in [2.45, 2.75) is 31.3 Å². The van der Waals surface area contributed by atoms with Crippen molar-refractivity contribution in [3.05, 3.63) is 12.2 Å². The van der Waals surface area contributed by atoms with Crippen LogP contribution >= 0.6 is 0 Å². The largest absolute Gasteiger partial charge is 0.383 e. The molecule has 2 fully saturated rings. The first-order valence-electron chi connectivity index (χ1n) is 4.72. The summed E-state index contributed by atoms with van der Waals surface area (Å²) in [5.41, 5.74) is 1.40. The molecule has 2 heteroatoms. The summed E-state index contributed by atoms with van der Waals surface area (Å²) in [5, 5.41) is 0. The van der Waals surface area contributed by atoms with Gasteiger partial charge in [-0.2, -0.15) is 0 Å². The van der Waals surface area contributed by atoms with Gasteiger partial charge in [-0.1, -0.05) is 12.2 Å². The molecule has 0 amide bonds. The van der Waals surface area contributed by atoms with Crippen molar-refractivity contribution in [2.24, 2.45) is 0 Å². The maximum atomic E-state index is 5.20. The van der Waals surface area contributed by atoms with E-state index in [-0.39, 0.29) is 0 Å². The average molecular weight is 167 g/mol. The molecule has 0 radical (unpaired) electrons. The molecule has 0 aromatic carbocycles. The Labute approximate surface area is 74.2 Å².